The summed E-state index contributed by atoms with van der Waals surface area (Å²) in [5.74, 6) is 0.896. The lowest BCUT2D eigenvalue weighted by Crippen LogP contribution is -2.04. The van der Waals surface area contributed by atoms with Gasteiger partial charge in [-0.2, -0.15) is 0 Å². The Labute approximate surface area is 108 Å². The lowest BCUT2D eigenvalue weighted by Gasteiger charge is -2.05. The summed E-state index contributed by atoms with van der Waals surface area (Å²) in [6.07, 6.45) is 5.34. The van der Waals surface area contributed by atoms with Crippen molar-refractivity contribution in [1.82, 2.24) is 10.3 Å². The first-order valence-electron chi connectivity index (χ1n) is 6.29. The lowest BCUT2D eigenvalue weighted by atomic mass is 10.0. The molecule has 0 radical (unpaired) electrons. The van der Waals surface area contributed by atoms with Gasteiger partial charge in [-0.1, -0.05) is 13.0 Å². The number of fused-ring (bicyclic) bond motifs is 1. The third-order valence-electron chi connectivity index (χ3n) is 3.17. The first-order chi connectivity index (χ1) is 8.80. The van der Waals surface area contributed by atoms with Crippen LogP contribution in [0.5, 0.6) is 5.75 Å². The Morgan fingerprint density at radius 3 is 2.94 bits per heavy atom. The van der Waals surface area contributed by atoms with E-state index in [1.54, 1.807) is 7.11 Å². The summed E-state index contributed by atoms with van der Waals surface area (Å²) >= 11 is 0. The molecule has 0 aliphatic rings. The van der Waals surface area contributed by atoms with E-state index in [4.69, 9.17) is 4.74 Å². The van der Waals surface area contributed by atoms with E-state index in [0.29, 0.717) is 0 Å². The number of aromatic amines is 1. The number of rotatable bonds is 5. The van der Waals surface area contributed by atoms with Crippen molar-refractivity contribution in [1.29, 1.82) is 0 Å². The van der Waals surface area contributed by atoms with Crippen LogP contribution < -0.4 is 10.1 Å². The highest BCUT2D eigenvalue weighted by atomic mass is 16.5. The summed E-state index contributed by atoms with van der Waals surface area (Å²) in [7, 11) is 3.66. The monoisotopic (exact) mass is 244 g/mol. The second-order valence-electron chi connectivity index (χ2n) is 4.25. The third-order valence-corrected chi connectivity index (χ3v) is 3.17. The van der Waals surface area contributed by atoms with Gasteiger partial charge in [0, 0.05) is 29.2 Å². The lowest BCUT2D eigenvalue weighted by molar-refractivity contribution is 0.415. The van der Waals surface area contributed by atoms with Crippen LogP contribution in [0.3, 0.4) is 0 Å². The number of benzene rings is 1. The summed E-state index contributed by atoms with van der Waals surface area (Å²) < 4.78 is 5.30. The Balaban J connectivity index is 2.49. The number of likely N-dealkylation sites (N-methyl/N-ethyl adjacent to an activating group) is 1. The quantitative estimate of drug-likeness (QED) is 0.847. The first-order valence-corrected chi connectivity index (χ1v) is 6.29. The highest BCUT2D eigenvalue weighted by Crippen LogP contribution is 2.29. The van der Waals surface area contributed by atoms with Gasteiger partial charge in [0.2, 0.25) is 0 Å². The molecule has 2 N–H and O–H groups in total. The molecule has 0 bridgehead atoms. The zero-order chi connectivity index (χ0) is 13.0. The number of nitrogens with one attached hydrogen (secondary N) is 2. The molecule has 0 fully saturated rings. The van der Waals surface area contributed by atoms with E-state index >= 15 is 0 Å². The van der Waals surface area contributed by atoms with Gasteiger partial charge in [-0.05, 0) is 37.2 Å². The van der Waals surface area contributed by atoms with E-state index in [1.807, 2.05) is 13.1 Å². The van der Waals surface area contributed by atoms with Gasteiger partial charge >= 0.3 is 0 Å². The summed E-state index contributed by atoms with van der Waals surface area (Å²) in [6.45, 7) is 3.07. The Morgan fingerprint density at radius 1 is 1.44 bits per heavy atom. The summed E-state index contributed by atoms with van der Waals surface area (Å²) in [5, 5.41) is 4.37. The molecule has 1 aromatic heterocycles. The van der Waals surface area contributed by atoms with Crippen LogP contribution in [-0.2, 0) is 0 Å². The number of ether oxygens (including phenoxy) is 1. The molecular weight excluding hydrogens is 224 g/mol. The molecule has 0 atom stereocenters. The molecular formula is C15H20N2O. The number of hydrogen-bond donors (Lipinski definition) is 2. The van der Waals surface area contributed by atoms with Gasteiger partial charge in [0.1, 0.15) is 5.75 Å². The number of aromatic nitrogens is 1. The Hall–Kier alpha value is -1.74. The normalized spacial score (nSPS) is 12.1. The molecule has 18 heavy (non-hydrogen) atoms. The molecule has 96 valence electrons. The third kappa shape index (κ3) is 2.41. The predicted molar refractivity (Wildman–Crippen MR) is 77.0 cm³/mol. The molecule has 2 aromatic rings. The first kappa shape index (κ1) is 12.7. The fourth-order valence-electron chi connectivity index (χ4n) is 2.16. The van der Waals surface area contributed by atoms with Crippen LogP contribution in [0.2, 0.25) is 0 Å². The fourth-order valence-corrected chi connectivity index (χ4v) is 2.16. The van der Waals surface area contributed by atoms with E-state index in [-0.39, 0.29) is 0 Å². The average Bonchev–Trinajstić information content (AvgIpc) is 2.83. The van der Waals surface area contributed by atoms with Crippen molar-refractivity contribution in [2.75, 3.05) is 20.7 Å². The maximum Gasteiger partial charge on any atom is 0.119 e. The van der Waals surface area contributed by atoms with Crippen LogP contribution in [0.25, 0.3) is 16.5 Å². The predicted octanol–water partition coefficient (Wildman–Crippen LogP) is 3.19. The van der Waals surface area contributed by atoms with Gasteiger partial charge in [-0.25, -0.2) is 0 Å². The van der Waals surface area contributed by atoms with Gasteiger partial charge in [-0.15, -0.1) is 0 Å². The zero-order valence-corrected chi connectivity index (χ0v) is 11.2. The van der Waals surface area contributed by atoms with Crippen LogP contribution >= 0.6 is 0 Å². The van der Waals surface area contributed by atoms with Crippen molar-refractivity contribution < 1.29 is 4.74 Å². The summed E-state index contributed by atoms with van der Waals surface area (Å²) in [6, 6.07) is 6.12. The molecule has 2 rings (SSSR count). The van der Waals surface area contributed by atoms with Crippen LogP contribution in [0, 0.1) is 0 Å². The van der Waals surface area contributed by atoms with Crippen molar-refractivity contribution in [3.05, 3.63) is 36.0 Å². The van der Waals surface area contributed by atoms with Crippen LogP contribution in [0.15, 0.2) is 30.5 Å². The smallest absolute Gasteiger partial charge is 0.119 e. The SMILES string of the molecule is CC/C(=C\CNC)c1c[nH]c2ccc(OC)cc12. The molecule has 3 nitrogen and oxygen atoms in total. The molecule has 1 heterocycles. The fraction of sp³-hybridized carbons (Fsp3) is 0.333. The van der Waals surface area contributed by atoms with Gasteiger partial charge in [0.15, 0.2) is 0 Å². The Bertz CT molecular complexity index is 555. The van der Waals surface area contributed by atoms with Crippen LogP contribution in [0.4, 0.5) is 0 Å². The molecule has 0 spiro atoms. The van der Waals surface area contributed by atoms with Crippen molar-refractivity contribution >= 4 is 16.5 Å². The standard InChI is InChI=1S/C15H20N2O/c1-4-11(7-8-16-2)14-10-17-15-6-5-12(18-3)9-13(14)15/h5-7,9-10,16-17H,4,8H2,1-3H3/b11-7+. The zero-order valence-electron chi connectivity index (χ0n) is 11.2. The van der Waals surface area contributed by atoms with Gasteiger partial charge in [0.25, 0.3) is 0 Å². The van der Waals surface area contributed by atoms with E-state index in [2.05, 4.69) is 41.6 Å². The van der Waals surface area contributed by atoms with E-state index in [1.165, 1.54) is 16.5 Å². The van der Waals surface area contributed by atoms with Crippen LogP contribution in [0.1, 0.15) is 18.9 Å². The topological polar surface area (TPSA) is 37.0 Å². The largest absolute Gasteiger partial charge is 0.497 e. The number of hydrogen-bond acceptors (Lipinski definition) is 2. The Kier molecular flexibility index (Phi) is 4.05. The average molecular weight is 244 g/mol. The second-order valence-corrected chi connectivity index (χ2v) is 4.25. The Morgan fingerprint density at radius 2 is 2.28 bits per heavy atom. The van der Waals surface area contributed by atoms with Gasteiger partial charge < -0.3 is 15.0 Å². The molecule has 0 saturated heterocycles. The second kappa shape index (κ2) is 5.74. The van der Waals surface area contributed by atoms with E-state index < -0.39 is 0 Å². The van der Waals surface area contributed by atoms with Gasteiger partial charge in [0.05, 0.1) is 7.11 Å². The van der Waals surface area contributed by atoms with Crippen molar-refractivity contribution in [2.24, 2.45) is 0 Å². The summed E-state index contributed by atoms with van der Waals surface area (Å²) in [5.41, 5.74) is 3.76. The minimum atomic E-state index is 0.889. The molecule has 3 heteroatoms. The molecule has 0 aliphatic carbocycles. The van der Waals surface area contributed by atoms with Gasteiger partial charge in [-0.3, -0.25) is 0 Å². The molecule has 0 aliphatic heterocycles. The maximum absolute atomic E-state index is 5.30. The number of H-pyrrole nitrogens is 1. The minimum absolute atomic E-state index is 0.889. The maximum atomic E-state index is 5.30. The molecule has 1 aromatic carbocycles. The number of allylic oxidation sites excluding steroid dienone is 1. The van der Waals surface area contributed by atoms with Crippen molar-refractivity contribution in [2.45, 2.75) is 13.3 Å². The van der Waals surface area contributed by atoms with E-state index in [9.17, 15) is 0 Å². The number of methoxy groups -OCH3 is 1. The van der Waals surface area contributed by atoms with E-state index in [0.717, 1.165) is 24.2 Å². The highest BCUT2D eigenvalue weighted by molar-refractivity contribution is 5.93. The molecule has 0 saturated carbocycles. The van der Waals surface area contributed by atoms with Crippen molar-refractivity contribution in [3.8, 4) is 5.75 Å². The summed E-state index contributed by atoms with van der Waals surface area (Å²) in [4.78, 5) is 3.31. The van der Waals surface area contributed by atoms with Crippen LogP contribution in [-0.4, -0.2) is 25.7 Å². The molecule has 0 amide bonds. The minimum Gasteiger partial charge on any atom is -0.497 e. The molecule has 0 unspecified atom stereocenters. The van der Waals surface area contributed by atoms with Crippen molar-refractivity contribution in [3.63, 3.8) is 0 Å². The highest BCUT2D eigenvalue weighted by Gasteiger charge is 2.08.